The normalized spacial score (nSPS) is 12.4. The number of rotatable bonds is 8. The van der Waals surface area contributed by atoms with E-state index in [2.05, 4.69) is 34.0 Å². The molecule has 0 aliphatic carbocycles. The van der Waals surface area contributed by atoms with Crippen LogP contribution in [0.5, 0.6) is 0 Å². The fourth-order valence-corrected chi connectivity index (χ4v) is 1.87. The van der Waals surface area contributed by atoms with Crippen molar-refractivity contribution in [2.45, 2.75) is 32.9 Å². The van der Waals surface area contributed by atoms with Gasteiger partial charge >= 0.3 is 0 Å². The Kier molecular flexibility index (Phi) is 6.60. The largest absolute Gasteiger partial charge is 0.383 e. The monoisotopic (exact) mass is 252 g/mol. The Bertz CT molecular complexity index is 346. The molecular weight excluding hydrogens is 228 g/mol. The van der Waals surface area contributed by atoms with Gasteiger partial charge < -0.3 is 15.0 Å². The molecule has 0 aromatic carbocycles. The van der Waals surface area contributed by atoms with Crippen LogP contribution in [0.3, 0.4) is 0 Å². The van der Waals surface area contributed by atoms with Crippen LogP contribution in [0.1, 0.15) is 25.8 Å². The highest BCUT2D eigenvalue weighted by atomic mass is 16.5. The highest BCUT2D eigenvalue weighted by Gasteiger charge is 2.17. The van der Waals surface area contributed by atoms with Crippen LogP contribution in [0, 0.1) is 0 Å². The van der Waals surface area contributed by atoms with Crippen LogP contribution in [0.4, 0.5) is 5.82 Å². The van der Waals surface area contributed by atoms with E-state index in [9.17, 15) is 0 Å². The van der Waals surface area contributed by atoms with E-state index in [-0.39, 0.29) is 0 Å². The second-order valence-corrected chi connectivity index (χ2v) is 4.35. The molecule has 1 N–H and O–H groups in total. The molecule has 102 valence electrons. The first-order valence-electron chi connectivity index (χ1n) is 6.43. The van der Waals surface area contributed by atoms with E-state index in [4.69, 9.17) is 4.74 Å². The third kappa shape index (κ3) is 3.92. The third-order valence-electron chi connectivity index (χ3n) is 3.06. The fourth-order valence-electron chi connectivity index (χ4n) is 1.87. The van der Waals surface area contributed by atoms with Crippen LogP contribution in [0.25, 0.3) is 0 Å². The standard InChI is InChI=1S/C13H24N4O/c1-5-11(2)17(6-7-18-4)13-12(8-14-3)9-15-10-16-13/h9-11,14H,5-8H2,1-4H3. The average Bonchev–Trinajstić information content (AvgIpc) is 2.40. The van der Waals surface area contributed by atoms with Crippen molar-refractivity contribution in [3.63, 3.8) is 0 Å². The van der Waals surface area contributed by atoms with Gasteiger partial charge in [0.05, 0.1) is 6.61 Å². The smallest absolute Gasteiger partial charge is 0.136 e. The molecular formula is C13H24N4O. The predicted octanol–water partition coefficient (Wildman–Crippen LogP) is 1.45. The number of methoxy groups -OCH3 is 1. The number of hydrogen-bond acceptors (Lipinski definition) is 5. The van der Waals surface area contributed by atoms with E-state index in [1.807, 2.05) is 13.2 Å². The number of nitrogens with one attached hydrogen (secondary N) is 1. The Morgan fingerprint density at radius 1 is 1.50 bits per heavy atom. The molecule has 1 unspecified atom stereocenters. The molecule has 0 amide bonds. The maximum absolute atomic E-state index is 5.19. The van der Waals surface area contributed by atoms with Gasteiger partial charge in [0, 0.05) is 38.0 Å². The molecule has 0 saturated heterocycles. The number of aromatic nitrogens is 2. The zero-order valence-electron chi connectivity index (χ0n) is 11.8. The molecule has 18 heavy (non-hydrogen) atoms. The first-order chi connectivity index (χ1) is 8.74. The van der Waals surface area contributed by atoms with Crippen LogP contribution in [0.2, 0.25) is 0 Å². The fraction of sp³-hybridized carbons (Fsp3) is 0.692. The summed E-state index contributed by atoms with van der Waals surface area (Å²) in [7, 11) is 3.66. The summed E-state index contributed by atoms with van der Waals surface area (Å²) in [4.78, 5) is 10.8. The van der Waals surface area contributed by atoms with Crippen molar-refractivity contribution in [2.24, 2.45) is 0 Å². The number of hydrogen-bond donors (Lipinski definition) is 1. The van der Waals surface area contributed by atoms with Crippen molar-refractivity contribution in [3.05, 3.63) is 18.1 Å². The van der Waals surface area contributed by atoms with Crippen LogP contribution < -0.4 is 10.2 Å². The molecule has 0 bridgehead atoms. The topological polar surface area (TPSA) is 50.3 Å². The highest BCUT2D eigenvalue weighted by Crippen LogP contribution is 2.19. The van der Waals surface area contributed by atoms with Crippen LogP contribution in [0.15, 0.2) is 12.5 Å². The molecule has 5 heteroatoms. The maximum Gasteiger partial charge on any atom is 0.136 e. The highest BCUT2D eigenvalue weighted by molar-refractivity contribution is 5.46. The Balaban J connectivity index is 2.95. The number of nitrogens with zero attached hydrogens (tertiary/aromatic N) is 3. The third-order valence-corrected chi connectivity index (χ3v) is 3.06. The second kappa shape index (κ2) is 8.00. The van der Waals surface area contributed by atoms with E-state index in [0.717, 1.165) is 30.9 Å². The van der Waals surface area contributed by atoms with Gasteiger partial charge in [0.2, 0.25) is 0 Å². The minimum atomic E-state index is 0.436. The van der Waals surface area contributed by atoms with E-state index in [1.54, 1.807) is 13.4 Å². The summed E-state index contributed by atoms with van der Waals surface area (Å²) in [5, 5.41) is 3.15. The van der Waals surface area contributed by atoms with Gasteiger partial charge in [0.1, 0.15) is 12.1 Å². The lowest BCUT2D eigenvalue weighted by atomic mass is 10.2. The Morgan fingerprint density at radius 3 is 2.89 bits per heavy atom. The van der Waals surface area contributed by atoms with Gasteiger partial charge in [-0.25, -0.2) is 9.97 Å². The summed E-state index contributed by atoms with van der Waals surface area (Å²) in [5.74, 6) is 1.01. The van der Waals surface area contributed by atoms with Gasteiger partial charge in [-0.3, -0.25) is 0 Å². The lowest BCUT2D eigenvalue weighted by molar-refractivity contribution is 0.203. The molecule has 1 atom stereocenters. The van der Waals surface area contributed by atoms with Crippen molar-refractivity contribution in [1.29, 1.82) is 0 Å². The molecule has 1 heterocycles. The maximum atomic E-state index is 5.19. The van der Waals surface area contributed by atoms with E-state index in [0.29, 0.717) is 12.6 Å². The van der Waals surface area contributed by atoms with Crippen molar-refractivity contribution in [3.8, 4) is 0 Å². The van der Waals surface area contributed by atoms with Gasteiger partial charge in [-0.2, -0.15) is 0 Å². The lowest BCUT2D eigenvalue weighted by Crippen LogP contribution is -2.37. The molecule has 0 radical (unpaired) electrons. The Morgan fingerprint density at radius 2 is 2.28 bits per heavy atom. The Labute approximate surface area is 110 Å². The Hall–Kier alpha value is -1.20. The minimum Gasteiger partial charge on any atom is -0.383 e. The summed E-state index contributed by atoms with van der Waals surface area (Å²) in [6.45, 7) is 6.72. The van der Waals surface area contributed by atoms with Gasteiger partial charge in [0.25, 0.3) is 0 Å². The first-order valence-corrected chi connectivity index (χ1v) is 6.43. The lowest BCUT2D eigenvalue weighted by Gasteiger charge is -2.30. The first kappa shape index (κ1) is 14.9. The molecule has 1 aromatic rings. The van der Waals surface area contributed by atoms with E-state index >= 15 is 0 Å². The zero-order chi connectivity index (χ0) is 13.4. The molecule has 1 aromatic heterocycles. The van der Waals surface area contributed by atoms with Gasteiger partial charge in [-0.15, -0.1) is 0 Å². The zero-order valence-corrected chi connectivity index (χ0v) is 11.8. The summed E-state index contributed by atoms with van der Waals surface area (Å²) in [6, 6.07) is 0.436. The van der Waals surface area contributed by atoms with Crippen molar-refractivity contribution in [2.75, 3.05) is 32.2 Å². The predicted molar refractivity (Wildman–Crippen MR) is 73.8 cm³/mol. The summed E-state index contributed by atoms with van der Waals surface area (Å²) in [6.07, 6.45) is 4.56. The number of anilines is 1. The average molecular weight is 252 g/mol. The molecule has 1 rings (SSSR count). The van der Waals surface area contributed by atoms with Crippen molar-refractivity contribution < 1.29 is 4.74 Å². The molecule has 0 aliphatic heterocycles. The van der Waals surface area contributed by atoms with Crippen molar-refractivity contribution >= 4 is 5.82 Å². The summed E-state index contributed by atoms with van der Waals surface area (Å²) >= 11 is 0. The number of ether oxygens (including phenoxy) is 1. The summed E-state index contributed by atoms with van der Waals surface area (Å²) < 4.78 is 5.19. The minimum absolute atomic E-state index is 0.436. The van der Waals surface area contributed by atoms with Crippen LogP contribution in [-0.2, 0) is 11.3 Å². The van der Waals surface area contributed by atoms with Crippen molar-refractivity contribution in [1.82, 2.24) is 15.3 Å². The van der Waals surface area contributed by atoms with E-state index in [1.165, 1.54) is 0 Å². The molecule has 0 saturated carbocycles. The summed E-state index contributed by atoms with van der Waals surface area (Å²) in [5.41, 5.74) is 1.12. The van der Waals surface area contributed by atoms with Gasteiger partial charge in [-0.05, 0) is 20.4 Å². The molecule has 0 aliphatic rings. The van der Waals surface area contributed by atoms with Gasteiger partial charge in [-0.1, -0.05) is 6.92 Å². The van der Waals surface area contributed by atoms with Crippen LogP contribution in [-0.4, -0.2) is 43.3 Å². The SMILES string of the molecule is CCC(C)N(CCOC)c1ncncc1CNC. The second-order valence-electron chi connectivity index (χ2n) is 4.35. The molecule has 5 nitrogen and oxygen atoms in total. The quantitative estimate of drug-likeness (QED) is 0.759. The van der Waals surface area contributed by atoms with E-state index < -0.39 is 0 Å². The molecule has 0 fully saturated rings. The van der Waals surface area contributed by atoms with Crippen LogP contribution >= 0.6 is 0 Å². The molecule has 0 spiro atoms. The van der Waals surface area contributed by atoms with Gasteiger partial charge in [0.15, 0.2) is 0 Å².